The zero-order chi connectivity index (χ0) is 27.8. The molecule has 0 aliphatic carbocycles. The number of amides is 3. The second kappa shape index (κ2) is 13.2. The summed E-state index contributed by atoms with van der Waals surface area (Å²) in [5, 5.41) is 38.4. The van der Waals surface area contributed by atoms with Crippen molar-refractivity contribution in [3.05, 3.63) is 47.5 Å². The van der Waals surface area contributed by atoms with Crippen LogP contribution in [-0.2, 0) is 27.2 Å². The number of nitrogens with one attached hydrogen (secondary N) is 3. The van der Waals surface area contributed by atoms with Gasteiger partial charge in [0.05, 0.1) is 18.7 Å². The molecule has 12 N–H and O–H groups in total. The number of aromatic hydroxyl groups is 2. The summed E-state index contributed by atoms with van der Waals surface area (Å²) in [4.78, 5) is 39.4. The average molecular weight is 529 g/mol. The summed E-state index contributed by atoms with van der Waals surface area (Å²) < 4.78 is 0. The Labute approximate surface area is 220 Å². The molecule has 12 heteroatoms. The second-order valence-electron chi connectivity index (χ2n) is 9.38. The molecule has 2 unspecified atom stereocenters. The maximum atomic E-state index is 13.3. The van der Waals surface area contributed by atoms with Crippen LogP contribution in [0.4, 0.5) is 0 Å². The number of carbonyl (C=O) groups is 3. The molecule has 0 radical (unpaired) electrons. The molecule has 4 bridgehead atoms. The van der Waals surface area contributed by atoms with E-state index in [9.17, 15) is 29.7 Å². The number of carbonyl (C=O) groups excluding carboxylic acids is 3. The fraction of sp³-hybridized carbons (Fsp3) is 0.423. The number of rotatable bonds is 7. The van der Waals surface area contributed by atoms with Crippen LogP contribution in [0.25, 0.3) is 11.1 Å². The van der Waals surface area contributed by atoms with Gasteiger partial charge in [-0.25, -0.2) is 0 Å². The summed E-state index contributed by atoms with van der Waals surface area (Å²) in [7, 11) is 0. The summed E-state index contributed by atoms with van der Waals surface area (Å²) in [6.07, 6.45) is 0.519. The van der Waals surface area contributed by atoms with Crippen molar-refractivity contribution in [3.8, 4) is 22.6 Å². The number of benzene rings is 2. The van der Waals surface area contributed by atoms with E-state index in [0.717, 1.165) is 0 Å². The minimum atomic E-state index is -1.17. The van der Waals surface area contributed by atoms with Gasteiger partial charge in [0, 0.05) is 19.4 Å². The summed E-state index contributed by atoms with van der Waals surface area (Å²) >= 11 is 0. The number of nitrogens with two attached hydrogens (primary N) is 3. The van der Waals surface area contributed by atoms with Crippen molar-refractivity contribution in [2.75, 3.05) is 19.7 Å². The molecule has 0 aromatic heterocycles. The van der Waals surface area contributed by atoms with Crippen molar-refractivity contribution in [1.82, 2.24) is 16.0 Å². The fourth-order valence-corrected chi connectivity index (χ4v) is 4.24. The van der Waals surface area contributed by atoms with Crippen LogP contribution in [0.15, 0.2) is 36.4 Å². The van der Waals surface area contributed by atoms with Crippen LogP contribution in [0, 0.1) is 0 Å². The minimum Gasteiger partial charge on any atom is -0.508 e. The van der Waals surface area contributed by atoms with Gasteiger partial charge in [-0.1, -0.05) is 12.1 Å². The van der Waals surface area contributed by atoms with Gasteiger partial charge in [-0.2, -0.15) is 0 Å². The van der Waals surface area contributed by atoms with Crippen LogP contribution < -0.4 is 33.2 Å². The lowest BCUT2D eigenvalue weighted by Gasteiger charge is -2.25. The van der Waals surface area contributed by atoms with E-state index in [1.165, 1.54) is 12.1 Å². The predicted molar refractivity (Wildman–Crippen MR) is 141 cm³/mol. The minimum absolute atomic E-state index is 0.00828. The number of fused-ring (bicyclic) bond motifs is 5. The topological polar surface area (TPSA) is 226 Å². The summed E-state index contributed by atoms with van der Waals surface area (Å²) in [5.74, 6) is -1.99. The summed E-state index contributed by atoms with van der Waals surface area (Å²) in [6, 6.07) is 5.68. The van der Waals surface area contributed by atoms with Crippen molar-refractivity contribution in [2.24, 2.45) is 17.2 Å². The molecule has 0 fully saturated rings. The van der Waals surface area contributed by atoms with E-state index in [-0.39, 0.29) is 43.9 Å². The predicted octanol–water partition coefficient (Wildman–Crippen LogP) is -1.66. The molecular weight excluding hydrogens is 492 g/mol. The molecule has 0 saturated heterocycles. The molecule has 2 aromatic rings. The van der Waals surface area contributed by atoms with Gasteiger partial charge in [0.2, 0.25) is 17.7 Å². The van der Waals surface area contributed by atoms with E-state index in [4.69, 9.17) is 17.2 Å². The number of aliphatic hydroxyl groups is 1. The first kappa shape index (κ1) is 28.9. The van der Waals surface area contributed by atoms with Crippen LogP contribution in [0.3, 0.4) is 0 Å². The van der Waals surface area contributed by atoms with Crippen molar-refractivity contribution < 1.29 is 29.7 Å². The standard InChI is InChI=1S/C26H36N6O6/c27-7-1-2-20-25(37)32-21(26(38)30-18(12-28)13-33)11-17-9-15(4-6-23(17)35)14-3-5-22(34)16(8-14)10-19(29)24(36)31-20/h3-6,8-9,18-21,33-35H,1-2,7,10-13,27-29H2,(H,30,38)(H,31,36)(H,32,37)/t18-,19?,20-,21?/m0/s1. The third-order valence-electron chi connectivity index (χ3n) is 6.51. The molecule has 206 valence electrons. The van der Waals surface area contributed by atoms with Crippen molar-refractivity contribution in [3.63, 3.8) is 0 Å². The van der Waals surface area contributed by atoms with Gasteiger partial charge < -0.3 is 48.5 Å². The first-order valence-electron chi connectivity index (χ1n) is 12.5. The molecule has 1 aliphatic rings. The van der Waals surface area contributed by atoms with Crippen LogP contribution >= 0.6 is 0 Å². The first-order valence-corrected chi connectivity index (χ1v) is 12.5. The quantitative estimate of drug-likeness (QED) is 0.200. The van der Waals surface area contributed by atoms with Crippen LogP contribution in [0.5, 0.6) is 11.5 Å². The Hall–Kier alpha value is -3.71. The number of phenols is 2. The van der Waals surface area contributed by atoms with E-state index in [1.54, 1.807) is 24.3 Å². The monoisotopic (exact) mass is 528 g/mol. The van der Waals surface area contributed by atoms with Crippen LogP contribution in [-0.4, -0.2) is 76.9 Å². The highest BCUT2D eigenvalue weighted by Gasteiger charge is 2.30. The Bertz CT molecular complexity index is 1160. The number of hydrogen-bond donors (Lipinski definition) is 9. The lowest BCUT2D eigenvalue weighted by Crippen LogP contribution is -2.58. The Morgan fingerprint density at radius 2 is 1.58 bits per heavy atom. The molecule has 0 spiro atoms. The lowest BCUT2D eigenvalue weighted by molar-refractivity contribution is -0.132. The molecule has 12 nitrogen and oxygen atoms in total. The molecule has 0 saturated carbocycles. The van der Waals surface area contributed by atoms with Gasteiger partial charge in [-0.3, -0.25) is 14.4 Å². The smallest absolute Gasteiger partial charge is 0.243 e. The van der Waals surface area contributed by atoms with E-state index in [2.05, 4.69) is 16.0 Å². The third kappa shape index (κ3) is 7.19. The van der Waals surface area contributed by atoms with E-state index >= 15 is 0 Å². The molecule has 3 rings (SSSR count). The van der Waals surface area contributed by atoms with E-state index in [0.29, 0.717) is 28.7 Å². The molecule has 1 aliphatic heterocycles. The maximum absolute atomic E-state index is 13.3. The highest BCUT2D eigenvalue weighted by atomic mass is 16.3. The lowest BCUT2D eigenvalue weighted by atomic mass is 9.95. The van der Waals surface area contributed by atoms with Crippen LogP contribution in [0.2, 0.25) is 0 Å². The number of phenolic OH excluding ortho intramolecular Hbond substituents is 2. The molecule has 2 aromatic carbocycles. The molecule has 4 atom stereocenters. The van der Waals surface area contributed by atoms with Crippen molar-refractivity contribution in [2.45, 2.75) is 49.9 Å². The molecular formula is C26H36N6O6. The SMILES string of the molecule is NCCC[C@@H]1NC(=O)C(N)Cc2cc(ccc2O)-c2ccc(O)c(c2)CC(C(=O)N[C@@H](CN)CO)NC1=O. The highest BCUT2D eigenvalue weighted by molar-refractivity contribution is 5.93. The van der Waals surface area contributed by atoms with Crippen molar-refractivity contribution >= 4 is 17.7 Å². The van der Waals surface area contributed by atoms with Crippen LogP contribution in [0.1, 0.15) is 24.0 Å². The van der Waals surface area contributed by atoms with Crippen molar-refractivity contribution in [1.29, 1.82) is 0 Å². The number of aliphatic hydroxyl groups excluding tert-OH is 1. The average Bonchev–Trinajstić information content (AvgIpc) is 2.90. The Morgan fingerprint density at radius 1 is 0.974 bits per heavy atom. The second-order valence-corrected chi connectivity index (χ2v) is 9.38. The Morgan fingerprint density at radius 3 is 2.13 bits per heavy atom. The zero-order valence-corrected chi connectivity index (χ0v) is 21.0. The van der Waals surface area contributed by atoms with E-state index in [1.807, 2.05) is 0 Å². The molecule has 1 heterocycles. The largest absolute Gasteiger partial charge is 0.508 e. The van der Waals surface area contributed by atoms with Gasteiger partial charge in [0.15, 0.2) is 0 Å². The van der Waals surface area contributed by atoms with Gasteiger partial charge >= 0.3 is 0 Å². The third-order valence-corrected chi connectivity index (χ3v) is 6.51. The summed E-state index contributed by atoms with van der Waals surface area (Å²) in [5.41, 5.74) is 19.5. The molecule has 3 amide bonds. The van der Waals surface area contributed by atoms with Gasteiger partial charge in [0.1, 0.15) is 23.6 Å². The highest BCUT2D eigenvalue weighted by Crippen LogP contribution is 2.30. The normalized spacial score (nSPS) is 20.9. The summed E-state index contributed by atoms with van der Waals surface area (Å²) in [6.45, 7) is -0.161. The Balaban J connectivity index is 2.08. The fourth-order valence-electron chi connectivity index (χ4n) is 4.24. The Kier molecular flexibility index (Phi) is 10.0. The number of hydrogen-bond acceptors (Lipinski definition) is 9. The van der Waals surface area contributed by atoms with Gasteiger partial charge in [-0.05, 0) is 65.9 Å². The van der Waals surface area contributed by atoms with E-state index < -0.39 is 48.5 Å². The first-order chi connectivity index (χ1) is 18.2. The zero-order valence-electron chi connectivity index (χ0n) is 21.0. The molecule has 38 heavy (non-hydrogen) atoms. The maximum Gasteiger partial charge on any atom is 0.243 e. The van der Waals surface area contributed by atoms with Gasteiger partial charge in [-0.15, -0.1) is 0 Å². The van der Waals surface area contributed by atoms with Gasteiger partial charge in [0.25, 0.3) is 0 Å².